The Balaban J connectivity index is 2.16. The molecule has 0 radical (unpaired) electrons. The van der Waals surface area contributed by atoms with Crippen LogP contribution in [0.3, 0.4) is 0 Å². The quantitative estimate of drug-likeness (QED) is 0.408. The number of nitrogens with two attached hydrogens (primary N) is 2. The van der Waals surface area contributed by atoms with Gasteiger partial charge in [0.2, 0.25) is 5.91 Å². The van der Waals surface area contributed by atoms with Gasteiger partial charge in [-0.05, 0) is 35.4 Å². The highest BCUT2D eigenvalue weighted by Crippen LogP contribution is 2.18. The number of carbonyl (C=O) groups is 2. The highest BCUT2D eigenvalue weighted by atomic mass is 16.2. The molecule has 0 fully saturated rings. The number of carbonyl (C=O) groups excluding carboxylic acids is 2. The van der Waals surface area contributed by atoms with Gasteiger partial charge in [0.25, 0.3) is 5.91 Å². The summed E-state index contributed by atoms with van der Waals surface area (Å²) in [6.45, 7) is 2.10. The molecule has 7 heteroatoms. The van der Waals surface area contributed by atoms with Crippen molar-refractivity contribution >= 4 is 23.2 Å². The summed E-state index contributed by atoms with van der Waals surface area (Å²) in [7, 11) is 0. The van der Waals surface area contributed by atoms with Crippen LogP contribution in [0.15, 0.2) is 60.3 Å². The van der Waals surface area contributed by atoms with Crippen LogP contribution in [0.4, 0.5) is 11.4 Å². The van der Waals surface area contributed by atoms with Crippen LogP contribution in [0.5, 0.6) is 0 Å². The van der Waals surface area contributed by atoms with Crippen LogP contribution >= 0.6 is 0 Å². The molecule has 2 amide bonds. The molecule has 0 aliphatic rings. The molecule has 5 N–H and O–H groups in total. The number of rotatable bonds is 6. The van der Waals surface area contributed by atoms with Crippen molar-refractivity contribution in [3.63, 3.8) is 0 Å². The standard InChI is InChI=1S/C20H21N5O2/c1-14(26)25(19-7-5-18(23)6-8-19)20(27)17(11-22)13-24-12-16-4-2-3-15(9-16)10-21/h2-9,13,24H,10,12,21,23H2,1H3/b17-13-. The van der Waals surface area contributed by atoms with Gasteiger partial charge in [-0.3, -0.25) is 9.59 Å². The number of nitrogens with one attached hydrogen (secondary N) is 1. The summed E-state index contributed by atoms with van der Waals surface area (Å²) >= 11 is 0. The molecule has 0 saturated heterocycles. The van der Waals surface area contributed by atoms with Crippen LogP contribution in [0.1, 0.15) is 18.1 Å². The Morgan fingerprint density at radius 2 is 1.85 bits per heavy atom. The molecule has 7 nitrogen and oxygen atoms in total. The molecule has 0 aromatic heterocycles. The van der Waals surface area contributed by atoms with Gasteiger partial charge in [-0.15, -0.1) is 0 Å². The second-order valence-electron chi connectivity index (χ2n) is 5.83. The third-order valence-corrected chi connectivity index (χ3v) is 3.80. The zero-order chi connectivity index (χ0) is 19.8. The van der Waals surface area contributed by atoms with Crippen LogP contribution in [-0.4, -0.2) is 11.8 Å². The Hall–Kier alpha value is -3.63. The van der Waals surface area contributed by atoms with Crippen molar-refractivity contribution in [2.75, 3.05) is 10.6 Å². The summed E-state index contributed by atoms with van der Waals surface area (Å²) < 4.78 is 0. The fourth-order valence-corrected chi connectivity index (χ4v) is 2.47. The summed E-state index contributed by atoms with van der Waals surface area (Å²) in [5.41, 5.74) is 13.9. The topological polar surface area (TPSA) is 125 Å². The number of benzene rings is 2. The minimum atomic E-state index is -0.710. The van der Waals surface area contributed by atoms with Crippen molar-refractivity contribution < 1.29 is 9.59 Å². The first-order valence-corrected chi connectivity index (χ1v) is 8.28. The van der Waals surface area contributed by atoms with E-state index in [1.165, 1.54) is 13.1 Å². The molecule has 138 valence electrons. The Bertz CT molecular complexity index is 897. The van der Waals surface area contributed by atoms with E-state index in [1.807, 2.05) is 30.3 Å². The Labute approximate surface area is 157 Å². The van der Waals surface area contributed by atoms with E-state index in [0.717, 1.165) is 16.0 Å². The average Bonchev–Trinajstić information content (AvgIpc) is 2.66. The fourth-order valence-electron chi connectivity index (χ4n) is 2.47. The number of imide groups is 1. The molecule has 0 bridgehead atoms. The Morgan fingerprint density at radius 3 is 2.44 bits per heavy atom. The van der Waals surface area contributed by atoms with Gasteiger partial charge in [0.1, 0.15) is 11.6 Å². The van der Waals surface area contributed by atoms with Crippen molar-refractivity contribution in [3.05, 3.63) is 71.4 Å². The van der Waals surface area contributed by atoms with Gasteiger partial charge < -0.3 is 16.8 Å². The second kappa shape index (κ2) is 9.17. The molecular formula is C20H21N5O2. The molecule has 0 saturated carbocycles. The zero-order valence-electron chi connectivity index (χ0n) is 15.0. The summed E-state index contributed by atoms with van der Waals surface area (Å²) in [5.74, 6) is -1.21. The van der Waals surface area contributed by atoms with Crippen LogP contribution in [-0.2, 0) is 22.7 Å². The van der Waals surface area contributed by atoms with Crippen molar-refractivity contribution in [1.82, 2.24) is 5.32 Å². The molecule has 0 unspecified atom stereocenters. The molecule has 0 aliphatic carbocycles. The highest BCUT2D eigenvalue weighted by Gasteiger charge is 2.23. The first-order chi connectivity index (χ1) is 13.0. The summed E-state index contributed by atoms with van der Waals surface area (Å²) in [6, 6.07) is 15.7. The predicted molar refractivity (Wildman–Crippen MR) is 104 cm³/mol. The zero-order valence-corrected chi connectivity index (χ0v) is 15.0. The van der Waals surface area contributed by atoms with E-state index in [9.17, 15) is 14.9 Å². The van der Waals surface area contributed by atoms with E-state index in [1.54, 1.807) is 24.3 Å². The number of hydrogen-bond donors (Lipinski definition) is 3. The third kappa shape index (κ3) is 5.17. The van der Waals surface area contributed by atoms with Gasteiger partial charge in [0.15, 0.2) is 0 Å². The van der Waals surface area contributed by atoms with Gasteiger partial charge in [0.05, 0.1) is 5.69 Å². The average molecular weight is 363 g/mol. The van der Waals surface area contributed by atoms with Crippen molar-refractivity contribution in [2.24, 2.45) is 5.73 Å². The molecule has 0 spiro atoms. The summed E-state index contributed by atoms with van der Waals surface area (Å²) in [5, 5.41) is 12.3. The molecule has 0 atom stereocenters. The SMILES string of the molecule is CC(=O)N(C(=O)/C(C#N)=C\NCc1cccc(CN)c1)c1ccc(N)cc1. The first kappa shape index (κ1) is 19.7. The van der Waals surface area contributed by atoms with Gasteiger partial charge in [-0.25, -0.2) is 4.90 Å². The third-order valence-electron chi connectivity index (χ3n) is 3.80. The van der Waals surface area contributed by atoms with Crippen LogP contribution in [0.25, 0.3) is 0 Å². The maximum Gasteiger partial charge on any atom is 0.277 e. The number of nitrogens with zero attached hydrogens (tertiary/aromatic N) is 2. The first-order valence-electron chi connectivity index (χ1n) is 8.28. The minimum Gasteiger partial charge on any atom is -0.399 e. The number of nitriles is 1. The lowest BCUT2D eigenvalue weighted by Gasteiger charge is -2.19. The van der Waals surface area contributed by atoms with Crippen molar-refractivity contribution in [3.8, 4) is 6.07 Å². The molecule has 0 aliphatic heterocycles. The maximum atomic E-state index is 12.7. The van der Waals surface area contributed by atoms with E-state index in [0.29, 0.717) is 24.5 Å². The fraction of sp³-hybridized carbons (Fsp3) is 0.150. The monoisotopic (exact) mass is 363 g/mol. The summed E-state index contributed by atoms with van der Waals surface area (Å²) in [6.07, 6.45) is 1.31. The Morgan fingerprint density at radius 1 is 1.19 bits per heavy atom. The number of hydrogen-bond acceptors (Lipinski definition) is 6. The molecule has 0 heterocycles. The van der Waals surface area contributed by atoms with Crippen LogP contribution in [0.2, 0.25) is 0 Å². The molecule has 2 rings (SSSR count). The Kier molecular flexibility index (Phi) is 6.69. The molecule has 27 heavy (non-hydrogen) atoms. The maximum absolute atomic E-state index is 12.7. The van der Waals surface area contributed by atoms with Gasteiger partial charge in [-0.1, -0.05) is 24.3 Å². The van der Waals surface area contributed by atoms with E-state index < -0.39 is 11.8 Å². The van der Waals surface area contributed by atoms with E-state index >= 15 is 0 Å². The normalized spacial score (nSPS) is 10.8. The second-order valence-corrected chi connectivity index (χ2v) is 5.83. The molecule has 2 aromatic carbocycles. The van der Waals surface area contributed by atoms with Gasteiger partial charge >= 0.3 is 0 Å². The van der Waals surface area contributed by atoms with Crippen LogP contribution < -0.4 is 21.7 Å². The molecule has 2 aromatic rings. The van der Waals surface area contributed by atoms with Crippen LogP contribution in [0, 0.1) is 11.3 Å². The lowest BCUT2D eigenvalue weighted by atomic mass is 10.1. The summed E-state index contributed by atoms with van der Waals surface area (Å²) in [4.78, 5) is 25.6. The largest absolute Gasteiger partial charge is 0.399 e. The predicted octanol–water partition coefficient (Wildman–Crippen LogP) is 1.80. The van der Waals surface area contributed by atoms with Gasteiger partial charge in [0, 0.05) is 31.9 Å². The van der Waals surface area contributed by atoms with E-state index in [4.69, 9.17) is 11.5 Å². The lowest BCUT2D eigenvalue weighted by Crippen LogP contribution is -2.36. The number of anilines is 2. The van der Waals surface area contributed by atoms with E-state index in [2.05, 4.69) is 5.32 Å². The van der Waals surface area contributed by atoms with E-state index in [-0.39, 0.29) is 5.57 Å². The smallest absolute Gasteiger partial charge is 0.277 e. The van der Waals surface area contributed by atoms with Crippen molar-refractivity contribution in [1.29, 1.82) is 5.26 Å². The molecular weight excluding hydrogens is 342 g/mol. The number of nitrogen functional groups attached to an aromatic ring is 1. The van der Waals surface area contributed by atoms with Gasteiger partial charge in [-0.2, -0.15) is 5.26 Å². The van der Waals surface area contributed by atoms with Crippen molar-refractivity contribution in [2.45, 2.75) is 20.0 Å². The highest BCUT2D eigenvalue weighted by molar-refractivity contribution is 6.21. The number of amides is 2. The lowest BCUT2D eigenvalue weighted by molar-refractivity contribution is -0.123. The minimum absolute atomic E-state index is 0.183.